The third-order valence-corrected chi connectivity index (χ3v) is 6.71. The van der Waals surface area contributed by atoms with E-state index in [9.17, 15) is 4.79 Å². The number of rotatable bonds is 8. The molecule has 0 amide bonds. The van der Waals surface area contributed by atoms with Crippen LogP contribution in [0, 0.1) is 13.8 Å². The number of fused-ring (bicyclic) bond motifs is 2. The molecule has 9 heteroatoms. The summed E-state index contributed by atoms with van der Waals surface area (Å²) in [5, 5.41) is 4.00. The molecule has 0 spiro atoms. The van der Waals surface area contributed by atoms with Gasteiger partial charge < -0.3 is 15.0 Å². The molecule has 0 aliphatic heterocycles. The van der Waals surface area contributed by atoms with Gasteiger partial charge in [-0.2, -0.15) is 0 Å². The molecule has 0 aliphatic rings. The molecule has 6 rings (SSSR count). The number of anilines is 1. The van der Waals surface area contributed by atoms with E-state index in [1.54, 1.807) is 10.9 Å². The predicted molar refractivity (Wildman–Crippen MR) is 151 cm³/mol. The van der Waals surface area contributed by atoms with Crippen LogP contribution in [0.1, 0.15) is 22.5 Å². The lowest BCUT2D eigenvalue weighted by molar-refractivity contribution is 0.0577. The summed E-state index contributed by atoms with van der Waals surface area (Å²) in [6.45, 7) is 4.29. The summed E-state index contributed by atoms with van der Waals surface area (Å²) in [5.74, 6) is 1.13. The van der Waals surface area contributed by atoms with Crippen molar-refractivity contribution in [3.05, 3.63) is 118 Å². The Morgan fingerprint density at radius 3 is 2.56 bits per heavy atom. The van der Waals surface area contributed by atoms with Gasteiger partial charge in [-0.05, 0) is 42.7 Å². The minimum atomic E-state index is -0.573. The van der Waals surface area contributed by atoms with Gasteiger partial charge in [0.2, 0.25) is 0 Å². The molecule has 3 aromatic carbocycles. The van der Waals surface area contributed by atoms with Gasteiger partial charge in [-0.15, -0.1) is 0 Å². The van der Waals surface area contributed by atoms with Crippen LogP contribution >= 0.6 is 0 Å². The number of hydrogen-bond donors (Lipinski definition) is 2. The maximum atomic E-state index is 14.0. The van der Waals surface area contributed by atoms with E-state index in [0.717, 1.165) is 22.4 Å². The fraction of sp³-hybridized carbons (Fsp3) is 0.167. The standard InChI is InChI=1S/C30H27N7O2/c1-19-9-6-7-14-23(19)37-24(35-22-13-8-10-20(2)26(22)30(37)38)15-25(39-16-21-11-4-3-5-12-21)36-29-27-28(32-17-31-27)33-18-34-29/h3-14,17-18,25H,15-16H2,1-2H3,(H2,31,32,33,34,36). The van der Waals surface area contributed by atoms with E-state index in [1.165, 1.54) is 6.33 Å². The molecule has 3 aromatic heterocycles. The van der Waals surface area contributed by atoms with E-state index in [0.29, 0.717) is 46.7 Å². The summed E-state index contributed by atoms with van der Waals surface area (Å²) in [6, 6.07) is 23.5. The zero-order valence-corrected chi connectivity index (χ0v) is 21.6. The molecule has 0 aliphatic carbocycles. The Bertz CT molecular complexity index is 1830. The van der Waals surface area contributed by atoms with Crippen molar-refractivity contribution in [2.24, 2.45) is 0 Å². The normalized spacial score (nSPS) is 12.2. The number of para-hydroxylation sites is 1. The van der Waals surface area contributed by atoms with Gasteiger partial charge in [-0.25, -0.2) is 19.9 Å². The lowest BCUT2D eigenvalue weighted by atomic mass is 10.1. The summed E-state index contributed by atoms with van der Waals surface area (Å²) >= 11 is 0. The van der Waals surface area contributed by atoms with Gasteiger partial charge in [-0.3, -0.25) is 9.36 Å². The summed E-state index contributed by atoms with van der Waals surface area (Å²) in [5.41, 5.74) is 5.43. The second kappa shape index (κ2) is 10.5. The highest BCUT2D eigenvalue weighted by Gasteiger charge is 2.21. The van der Waals surface area contributed by atoms with Crippen molar-refractivity contribution >= 4 is 27.9 Å². The molecule has 194 valence electrons. The van der Waals surface area contributed by atoms with E-state index in [2.05, 4.69) is 25.3 Å². The van der Waals surface area contributed by atoms with E-state index in [4.69, 9.17) is 9.72 Å². The van der Waals surface area contributed by atoms with Crippen LogP contribution in [0.25, 0.3) is 27.8 Å². The SMILES string of the molecule is Cc1ccccc1-n1c(CC(Nc2ncnc3nc[nH]c23)OCc2ccccc2)nc2cccc(C)c2c1=O. The molecule has 0 saturated heterocycles. The molecule has 0 radical (unpaired) electrons. The number of ether oxygens (including phenoxy) is 1. The van der Waals surface area contributed by atoms with Crippen molar-refractivity contribution in [3.63, 3.8) is 0 Å². The van der Waals surface area contributed by atoms with Gasteiger partial charge in [0, 0.05) is 0 Å². The van der Waals surface area contributed by atoms with Crippen LogP contribution < -0.4 is 10.9 Å². The van der Waals surface area contributed by atoms with Gasteiger partial charge in [0.05, 0.1) is 35.9 Å². The average molecular weight is 518 g/mol. The van der Waals surface area contributed by atoms with Crippen molar-refractivity contribution < 1.29 is 4.74 Å². The molecule has 0 bridgehead atoms. The van der Waals surface area contributed by atoms with Crippen molar-refractivity contribution in [2.45, 2.75) is 33.1 Å². The zero-order valence-electron chi connectivity index (χ0n) is 21.6. The number of nitrogens with one attached hydrogen (secondary N) is 2. The number of aromatic amines is 1. The molecule has 0 saturated carbocycles. The lowest BCUT2D eigenvalue weighted by Gasteiger charge is -2.23. The van der Waals surface area contributed by atoms with Gasteiger partial charge >= 0.3 is 0 Å². The Morgan fingerprint density at radius 1 is 0.923 bits per heavy atom. The van der Waals surface area contributed by atoms with Crippen LogP contribution in [0.5, 0.6) is 0 Å². The quantitative estimate of drug-likeness (QED) is 0.277. The van der Waals surface area contributed by atoms with Crippen molar-refractivity contribution in [3.8, 4) is 5.69 Å². The smallest absolute Gasteiger partial charge is 0.266 e. The number of H-pyrrole nitrogens is 1. The Morgan fingerprint density at radius 2 is 1.72 bits per heavy atom. The van der Waals surface area contributed by atoms with Crippen LogP contribution in [-0.4, -0.2) is 35.7 Å². The molecule has 39 heavy (non-hydrogen) atoms. The molecule has 2 N–H and O–H groups in total. The number of benzene rings is 3. The molecule has 3 heterocycles. The van der Waals surface area contributed by atoms with Crippen LogP contribution in [-0.2, 0) is 17.8 Å². The highest BCUT2D eigenvalue weighted by Crippen LogP contribution is 2.22. The first-order valence-electron chi connectivity index (χ1n) is 12.7. The van der Waals surface area contributed by atoms with E-state index >= 15 is 0 Å². The van der Waals surface area contributed by atoms with Crippen molar-refractivity contribution in [1.29, 1.82) is 0 Å². The highest BCUT2D eigenvalue weighted by molar-refractivity contribution is 5.82. The Labute approximate surface area is 224 Å². The van der Waals surface area contributed by atoms with Gasteiger partial charge in [-0.1, -0.05) is 60.7 Å². The van der Waals surface area contributed by atoms with Crippen LogP contribution in [0.15, 0.2) is 90.2 Å². The largest absolute Gasteiger partial charge is 0.353 e. The molecular weight excluding hydrogens is 490 g/mol. The molecule has 1 atom stereocenters. The molecule has 6 aromatic rings. The fourth-order valence-corrected chi connectivity index (χ4v) is 4.76. The van der Waals surface area contributed by atoms with Gasteiger partial charge in [0.15, 0.2) is 11.5 Å². The number of imidazole rings is 1. The minimum absolute atomic E-state index is 0.109. The Balaban J connectivity index is 1.46. The molecule has 9 nitrogen and oxygen atoms in total. The second-order valence-corrected chi connectivity index (χ2v) is 9.38. The third-order valence-electron chi connectivity index (χ3n) is 6.71. The minimum Gasteiger partial charge on any atom is -0.353 e. The van der Waals surface area contributed by atoms with E-state index < -0.39 is 6.23 Å². The first-order valence-corrected chi connectivity index (χ1v) is 12.7. The molecular formula is C30H27N7O2. The summed E-state index contributed by atoms with van der Waals surface area (Å²) in [6.07, 6.45) is 2.75. The number of nitrogens with zero attached hydrogens (tertiary/aromatic N) is 5. The average Bonchev–Trinajstić information content (AvgIpc) is 3.43. The summed E-state index contributed by atoms with van der Waals surface area (Å²) in [4.78, 5) is 35.0. The van der Waals surface area contributed by atoms with E-state index in [-0.39, 0.29) is 5.56 Å². The van der Waals surface area contributed by atoms with Gasteiger partial charge in [0.1, 0.15) is 23.9 Å². The Hall–Kier alpha value is -4.89. The maximum Gasteiger partial charge on any atom is 0.266 e. The van der Waals surface area contributed by atoms with E-state index in [1.807, 2.05) is 86.6 Å². The van der Waals surface area contributed by atoms with Gasteiger partial charge in [0.25, 0.3) is 5.56 Å². The Kier molecular flexibility index (Phi) is 6.56. The summed E-state index contributed by atoms with van der Waals surface area (Å²) in [7, 11) is 0. The number of aryl methyl sites for hydroxylation is 2. The highest BCUT2D eigenvalue weighted by atomic mass is 16.5. The van der Waals surface area contributed by atoms with Crippen LogP contribution in [0.4, 0.5) is 5.82 Å². The number of aromatic nitrogens is 6. The zero-order chi connectivity index (χ0) is 26.8. The topological polar surface area (TPSA) is 111 Å². The first kappa shape index (κ1) is 24.4. The van der Waals surface area contributed by atoms with Crippen LogP contribution in [0.2, 0.25) is 0 Å². The predicted octanol–water partition coefficient (Wildman–Crippen LogP) is 4.87. The van der Waals surface area contributed by atoms with Crippen molar-refractivity contribution in [2.75, 3.05) is 5.32 Å². The maximum absolute atomic E-state index is 14.0. The summed E-state index contributed by atoms with van der Waals surface area (Å²) < 4.78 is 8.10. The first-order chi connectivity index (χ1) is 19.1. The fourth-order valence-electron chi connectivity index (χ4n) is 4.76. The lowest BCUT2D eigenvalue weighted by Crippen LogP contribution is -2.32. The second-order valence-electron chi connectivity index (χ2n) is 9.38. The van der Waals surface area contributed by atoms with Crippen molar-refractivity contribution in [1.82, 2.24) is 29.5 Å². The monoisotopic (exact) mass is 517 g/mol. The molecule has 1 unspecified atom stereocenters. The third kappa shape index (κ3) is 4.87. The van der Waals surface area contributed by atoms with Crippen LogP contribution in [0.3, 0.4) is 0 Å². The number of hydrogen-bond acceptors (Lipinski definition) is 7. The molecule has 0 fully saturated rings.